The summed E-state index contributed by atoms with van der Waals surface area (Å²) in [6.45, 7) is 3.86. The van der Waals surface area contributed by atoms with E-state index in [0.29, 0.717) is 28.0 Å². The van der Waals surface area contributed by atoms with E-state index in [-0.39, 0.29) is 6.61 Å². The molecule has 3 rings (SSSR count). The number of anilines is 2. The third-order valence-corrected chi connectivity index (χ3v) is 3.80. The monoisotopic (exact) mass is 357 g/mol. The van der Waals surface area contributed by atoms with E-state index in [1.807, 2.05) is 19.1 Å². The van der Waals surface area contributed by atoms with Gasteiger partial charge in [-0.3, -0.25) is 10.1 Å². The van der Waals surface area contributed by atoms with Crippen LogP contribution in [0.4, 0.5) is 21.5 Å². The number of aromatic nitrogens is 1. The summed E-state index contributed by atoms with van der Waals surface area (Å²) in [7, 11) is 0. The van der Waals surface area contributed by atoms with Gasteiger partial charge in [-0.2, -0.15) is 4.39 Å². The summed E-state index contributed by atoms with van der Waals surface area (Å²) in [5.41, 5.74) is 2.32. The van der Waals surface area contributed by atoms with Crippen molar-refractivity contribution in [3.8, 4) is 0 Å². The predicted molar refractivity (Wildman–Crippen MR) is 95.3 cm³/mol. The van der Waals surface area contributed by atoms with Crippen LogP contribution in [0.5, 0.6) is 0 Å². The number of benzene rings is 2. The van der Waals surface area contributed by atoms with Crippen LogP contribution in [0, 0.1) is 22.9 Å². The molecule has 0 saturated carbocycles. The van der Waals surface area contributed by atoms with Gasteiger partial charge in [0.25, 0.3) is 0 Å². The number of aryl methyl sites for hydroxylation is 1. The second-order valence-corrected chi connectivity index (χ2v) is 5.73. The van der Waals surface area contributed by atoms with Crippen LogP contribution in [-0.2, 0) is 4.74 Å². The Balaban J connectivity index is 2.03. The number of rotatable bonds is 5. The van der Waals surface area contributed by atoms with Crippen molar-refractivity contribution >= 4 is 33.9 Å². The van der Waals surface area contributed by atoms with Crippen molar-refractivity contribution in [2.24, 2.45) is 0 Å². The average molecular weight is 357 g/mol. The molecule has 134 valence electrons. The molecule has 0 atom stereocenters. The molecule has 26 heavy (non-hydrogen) atoms. The van der Waals surface area contributed by atoms with Crippen LogP contribution >= 0.6 is 0 Å². The smallest absolute Gasteiger partial charge is 0.354 e. The van der Waals surface area contributed by atoms with Gasteiger partial charge in [-0.15, -0.1) is 0 Å². The molecule has 0 aliphatic carbocycles. The van der Waals surface area contributed by atoms with Crippen LogP contribution in [0.3, 0.4) is 0 Å². The minimum atomic E-state index is -0.902. The molecular weight excluding hydrogens is 341 g/mol. The molecule has 8 heteroatoms. The molecule has 0 unspecified atom stereocenters. The number of halogens is 1. The van der Waals surface area contributed by atoms with Crippen molar-refractivity contribution in [3.05, 3.63) is 63.6 Å². The third-order valence-electron chi connectivity index (χ3n) is 3.80. The van der Waals surface area contributed by atoms with Crippen LogP contribution in [-0.4, -0.2) is 22.5 Å². The highest BCUT2D eigenvalue weighted by Crippen LogP contribution is 2.31. The van der Waals surface area contributed by atoms with Crippen molar-refractivity contribution in [1.29, 1.82) is 0 Å². The van der Waals surface area contributed by atoms with E-state index in [4.69, 9.17) is 4.74 Å². The Hall–Kier alpha value is -3.42. The molecule has 0 radical (unpaired) electrons. The van der Waals surface area contributed by atoms with E-state index in [0.717, 1.165) is 17.7 Å². The van der Waals surface area contributed by atoms with Gasteiger partial charge in [-0.1, -0.05) is 0 Å². The molecule has 0 bridgehead atoms. The lowest BCUT2D eigenvalue weighted by molar-refractivity contribution is -0.387. The van der Waals surface area contributed by atoms with Gasteiger partial charge in [0.15, 0.2) is 0 Å². The highest BCUT2D eigenvalue weighted by molar-refractivity contribution is 6.01. The van der Waals surface area contributed by atoms with Crippen molar-refractivity contribution in [2.75, 3.05) is 11.9 Å². The number of aromatic amines is 1. The Labute approximate surface area is 147 Å². The number of carbonyl (C=O) groups excluding carboxylic acids is 1. The van der Waals surface area contributed by atoms with Crippen molar-refractivity contribution in [3.63, 3.8) is 0 Å². The molecule has 0 fully saturated rings. The number of ether oxygens (including phenoxy) is 1. The molecular formula is C18H16FN3O4. The molecule has 0 aliphatic rings. The van der Waals surface area contributed by atoms with Gasteiger partial charge in [-0.05, 0) is 49.7 Å². The highest BCUT2D eigenvalue weighted by atomic mass is 19.1. The second-order valence-electron chi connectivity index (χ2n) is 5.73. The number of esters is 1. The maximum atomic E-state index is 13.5. The molecule has 0 saturated heterocycles. The van der Waals surface area contributed by atoms with Gasteiger partial charge >= 0.3 is 11.7 Å². The lowest BCUT2D eigenvalue weighted by atomic mass is 10.1. The summed E-state index contributed by atoms with van der Waals surface area (Å²) in [5, 5.41) is 14.7. The van der Waals surface area contributed by atoms with Crippen LogP contribution in [0.1, 0.15) is 23.0 Å². The molecule has 1 heterocycles. The molecule has 2 N–H and O–H groups in total. The van der Waals surface area contributed by atoms with E-state index in [1.54, 1.807) is 13.0 Å². The van der Waals surface area contributed by atoms with Gasteiger partial charge in [0.1, 0.15) is 5.69 Å². The lowest BCUT2D eigenvalue weighted by Crippen LogP contribution is -2.04. The molecule has 0 aliphatic heterocycles. The SMILES string of the molecule is CCOC(=O)c1cc2c(Nc3ccc(F)c([N+](=O)[O-])c3)cc(C)cc2[nH]1. The van der Waals surface area contributed by atoms with Crippen LogP contribution in [0.2, 0.25) is 0 Å². The van der Waals surface area contributed by atoms with E-state index >= 15 is 0 Å². The maximum absolute atomic E-state index is 13.5. The Kier molecular flexibility index (Phi) is 4.57. The number of nitro groups is 1. The summed E-state index contributed by atoms with van der Waals surface area (Å²) in [5.74, 6) is -1.37. The number of H-pyrrole nitrogens is 1. The van der Waals surface area contributed by atoms with Crippen molar-refractivity contribution in [1.82, 2.24) is 4.98 Å². The fourth-order valence-corrected chi connectivity index (χ4v) is 2.69. The zero-order valence-corrected chi connectivity index (χ0v) is 14.1. The van der Waals surface area contributed by atoms with Crippen molar-refractivity contribution < 1.29 is 18.8 Å². The first-order valence-electron chi connectivity index (χ1n) is 7.90. The highest BCUT2D eigenvalue weighted by Gasteiger charge is 2.16. The van der Waals surface area contributed by atoms with E-state index in [1.165, 1.54) is 6.07 Å². The zero-order chi connectivity index (χ0) is 18.8. The molecule has 1 aromatic heterocycles. The number of hydrogen-bond acceptors (Lipinski definition) is 5. The number of carbonyl (C=O) groups is 1. The molecule has 3 aromatic rings. The first kappa shape index (κ1) is 17.4. The van der Waals surface area contributed by atoms with Gasteiger partial charge in [0.05, 0.1) is 11.5 Å². The minimum Gasteiger partial charge on any atom is -0.461 e. The van der Waals surface area contributed by atoms with Crippen LogP contribution in [0.25, 0.3) is 10.9 Å². The van der Waals surface area contributed by atoms with Gasteiger partial charge < -0.3 is 15.0 Å². The Morgan fingerprint density at radius 3 is 2.77 bits per heavy atom. The average Bonchev–Trinajstić information content (AvgIpc) is 3.00. The van der Waals surface area contributed by atoms with Crippen LogP contribution < -0.4 is 5.32 Å². The number of nitrogens with zero attached hydrogens (tertiary/aromatic N) is 1. The molecule has 0 spiro atoms. The third kappa shape index (κ3) is 3.34. The zero-order valence-electron chi connectivity index (χ0n) is 14.1. The normalized spacial score (nSPS) is 10.7. The first-order valence-corrected chi connectivity index (χ1v) is 7.90. The summed E-state index contributed by atoms with van der Waals surface area (Å²) in [4.78, 5) is 25.1. The fraction of sp³-hybridized carbons (Fsp3) is 0.167. The fourth-order valence-electron chi connectivity index (χ4n) is 2.69. The van der Waals surface area contributed by atoms with E-state index < -0.39 is 22.4 Å². The Morgan fingerprint density at radius 1 is 1.31 bits per heavy atom. The van der Waals surface area contributed by atoms with E-state index in [2.05, 4.69) is 10.3 Å². The predicted octanol–water partition coefficient (Wildman–Crippen LogP) is 4.44. The number of hydrogen-bond donors (Lipinski definition) is 2. The lowest BCUT2D eigenvalue weighted by Gasteiger charge is -2.09. The quantitative estimate of drug-likeness (QED) is 0.399. The number of nitro benzene ring substituents is 1. The Morgan fingerprint density at radius 2 is 2.08 bits per heavy atom. The van der Waals surface area contributed by atoms with E-state index in [9.17, 15) is 19.3 Å². The first-order chi connectivity index (χ1) is 12.4. The van der Waals surface area contributed by atoms with Crippen LogP contribution in [0.15, 0.2) is 36.4 Å². The summed E-state index contributed by atoms with van der Waals surface area (Å²) in [6, 6.07) is 8.93. The van der Waals surface area contributed by atoms with Gasteiger partial charge in [0, 0.05) is 28.3 Å². The second kappa shape index (κ2) is 6.83. The summed E-state index contributed by atoms with van der Waals surface area (Å²) in [6.07, 6.45) is 0. The molecule has 0 amide bonds. The van der Waals surface area contributed by atoms with Gasteiger partial charge in [-0.25, -0.2) is 4.79 Å². The topological polar surface area (TPSA) is 97.3 Å². The maximum Gasteiger partial charge on any atom is 0.354 e. The minimum absolute atomic E-state index is 0.261. The number of nitrogens with one attached hydrogen (secondary N) is 2. The molecule has 7 nitrogen and oxygen atoms in total. The summed E-state index contributed by atoms with van der Waals surface area (Å²) >= 11 is 0. The number of fused-ring (bicyclic) bond motifs is 1. The molecule has 2 aromatic carbocycles. The van der Waals surface area contributed by atoms with Gasteiger partial charge in [0.2, 0.25) is 5.82 Å². The standard InChI is InChI=1S/C18H16FN3O4/c1-3-26-18(23)16-9-12-14(6-10(2)7-15(12)21-16)20-11-4-5-13(19)17(8-11)22(24)25/h4-9,20-21H,3H2,1-2H3. The largest absolute Gasteiger partial charge is 0.461 e. The van der Waals surface area contributed by atoms with Crippen molar-refractivity contribution in [2.45, 2.75) is 13.8 Å². The summed E-state index contributed by atoms with van der Waals surface area (Å²) < 4.78 is 18.5. The Bertz CT molecular complexity index is 1010.